The van der Waals surface area contributed by atoms with Crippen LogP contribution in [0, 0.1) is 0 Å². The van der Waals surface area contributed by atoms with E-state index in [-0.39, 0.29) is 17.9 Å². The van der Waals surface area contributed by atoms with Crippen LogP contribution in [0.4, 0.5) is 0 Å². The van der Waals surface area contributed by atoms with Gasteiger partial charge in [0.15, 0.2) is 11.5 Å². The lowest BCUT2D eigenvalue weighted by Gasteiger charge is -2.26. The molecule has 2 aromatic carbocycles. The number of carbonyl (C=O) groups is 2. The summed E-state index contributed by atoms with van der Waals surface area (Å²) in [5.74, 6) is 0.0632. The number of aromatic nitrogens is 1. The van der Waals surface area contributed by atoms with E-state index in [9.17, 15) is 14.7 Å². The number of ketones is 1. The highest BCUT2D eigenvalue weighted by molar-refractivity contribution is 6.46. The number of Topliss-reactive ketones (excluding diaryl/α,β-unsaturated/α-hetero) is 1. The van der Waals surface area contributed by atoms with E-state index >= 15 is 0 Å². The third-order valence-corrected chi connectivity index (χ3v) is 6.29. The standard InChI is InChI=1S/C31H34N2O6/c1-4-17-38-24-10-7-22(8-11-24)29(34)27-28(23-9-12-25(39-18-5-2)26(19-23)37-6-3)33(31(36)30(27)35)20-21-13-15-32-16-14-21/h7-16,19,28,34H,4-6,17-18,20H2,1-3H3. The number of aliphatic hydroxyl groups excluding tert-OH is 1. The van der Waals surface area contributed by atoms with Gasteiger partial charge in [-0.05, 0) is 79.4 Å². The second kappa shape index (κ2) is 13.0. The van der Waals surface area contributed by atoms with E-state index in [1.54, 1.807) is 67.0 Å². The summed E-state index contributed by atoms with van der Waals surface area (Å²) in [5, 5.41) is 11.4. The van der Waals surface area contributed by atoms with Gasteiger partial charge >= 0.3 is 0 Å². The van der Waals surface area contributed by atoms with Crippen LogP contribution in [0.1, 0.15) is 56.3 Å². The molecule has 1 amide bonds. The topological polar surface area (TPSA) is 98.2 Å². The summed E-state index contributed by atoms with van der Waals surface area (Å²) in [7, 11) is 0. The van der Waals surface area contributed by atoms with E-state index in [2.05, 4.69) is 4.98 Å². The molecular formula is C31H34N2O6. The van der Waals surface area contributed by atoms with Gasteiger partial charge in [0.2, 0.25) is 0 Å². The van der Waals surface area contributed by atoms with Crippen LogP contribution in [0.3, 0.4) is 0 Å². The molecule has 0 saturated carbocycles. The second-order valence-electron chi connectivity index (χ2n) is 9.14. The average molecular weight is 531 g/mol. The molecule has 204 valence electrons. The number of carbonyl (C=O) groups excluding carboxylic acids is 2. The van der Waals surface area contributed by atoms with Crippen LogP contribution < -0.4 is 14.2 Å². The normalized spacial score (nSPS) is 16.4. The Morgan fingerprint density at radius 1 is 0.872 bits per heavy atom. The smallest absolute Gasteiger partial charge is 0.295 e. The average Bonchev–Trinajstić information content (AvgIpc) is 3.21. The number of aliphatic hydroxyl groups is 1. The molecule has 3 aromatic rings. The number of amides is 1. The monoisotopic (exact) mass is 530 g/mol. The Morgan fingerprint density at radius 3 is 2.23 bits per heavy atom. The Labute approximate surface area is 228 Å². The zero-order chi connectivity index (χ0) is 27.8. The lowest BCUT2D eigenvalue weighted by molar-refractivity contribution is -0.140. The summed E-state index contributed by atoms with van der Waals surface area (Å²) in [6, 6.07) is 14.9. The first-order valence-electron chi connectivity index (χ1n) is 13.3. The van der Waals surface area contributed by atoms with Gasteiger partial charge in [-0.15, -0.1) is 0 Å². The molecule has 1 aliphatic heterocycles. The van der Waals surface area contributed by atoms with Crippen molar-refractivity contribution in [1.29, 1.82) is 0 Å². The quantitative estimate of drug-likeness (QED) is 0.183. The number of pyridine rings is 1. The Hall–Kier alpha value is -4.33. The van der Waals surface area contributed by atoms with E-state index < -0.39 is 17.7 Å². The number of likely N-dealkylation sites (tertiary alicyclic amines) is 1. The molecule has 2 heterocycles. The highest BCUT2D eigenvalue weighted by Crippen LogP contribution is 2.43. The van der Waals surface area contributed by atoms with Gasteiger partial charge in [0.05, 0.1) is 31.4 Å². The van der Waals surface area contributed by atoms with Crippen LogP contribution in [-0.2, 0) is 16.1 Å². The van der Waals surface area contributed by atoms with Gasteiger partial charge in [0.1, 0.15) is 11.5 Å². The molecule has 1 N–H and O–H groups in total. The number of rotatable bonds is 12. The van der Waals surface area contributed by atoms with Crippen molar-refractivity contribution < 1.29 is 28.9 Å². The molecular weight excluding hydrogens is 496 g/mol. The number of nitrogens with zero attached hydrogens (tertiary/aromatic N) is 2. The van der Waals surface area contributed by atoms with Gasteiger partial charge in [0, 0.05) is 24.5 Å². The maximum Gasteiger partial charge on any atom is 0.295 e. The summed E-state index contributed by atoms with van der Waals surface area (Å²) >= 11 is 0. The molecule has 0 spiro atoms. The van der Waals surface area contributed by atoms with Crippen molar-refractivity contribution in [2.24, 2.45) is 0 Å². The Bertz CT molecular complexity index is 1320. The molecule has 0 bridgehead atoms. The summed E-state index contributed by atoms with van der Waals surface area (Å²) in [6.07, 6.45) is 4.97. The molecule has 8 heteroatoms. The van der Waals surface area contributed by atoms with Gasteiger partial charge in [-0.2, -0.15) is 0 Å². The molecule has 0 aliphatic carbocycles. The van der Waals surface area contributed by atoms with Gasteiger partial charge in [-0.3, -0.25) is 14.6 Å². The van der Waals surface area contributed by atoms with E-state index in [4.69, 9.17) is 14.2 Å². The zero-order valence-corrected chi connectivity index (χ0v) is 22.6. The molecule has 1 aliphatic rings. The number of ether oxygens (including phenoxy) is 3. The predicted octanol–water partition coefficient (Wildman–Crippen LogP) is 5.68. The molecule has 4 rings (SSSR count). The van der Waals surface area contributed by atoms with Crippen LogP contribution in [0.5, 0.6) is 17.2 Å². The molecule has 1 saturated heterocycles. The summed E-state index contributed by atoms with van der Waals surface area (Å²) in [5.41, 5.74) is 1.86. The summed E-state index contributed by atoms with van der Waals surface area (Å²) < 4.78 is 17.3. The van der Waals surface area contributed by atoms with Crippen molar-refractivity contribution in [3.8, 4) is 17.2 Å². The van der Waals surface area contributed by atoms with Crippen LogP contribution in [0.15, 0.2) is 72.6 Å². The molecule has 1 aromatic heterocycles. The lowest BCUT2D eigenvalue weighted by Crippen LogP contribution is -2.29. The lowest BCUT2D eigenvalue weighted by atomic mass is 9.94. The van der Waals surface area contributed by atoms with Gasteiger partial charge in [-0.25, -0.2) is 0 Å². The van der Waals surface area contributed by atoms with E-state index in [1.807, 2.05) is 20.8 Å². The van der Waals surface area contributed by atoms with Crippen LogP contribution >= 0.6 is 0 Å². The van der Waals surface area contributed by atoms with Gasteiger partial charge in [0.25, 0.3) is 11.7 Å². The summed E-state index contributed by atoms with van der Waals surface area (Å²) in [6.45, 7) is 7.59. The predicted molar refractivity (Wildman–Crippen MR) is 148 cm³/mol. The SMILES string of the molecule is CCCOc1ccc(C(O)=C2C(=O)C(=O)N(Cc3ccncc3)C2c2ccc(OCCC)c(OCC)c2)cc1. The first kappa shape index (κ1) is 27.7. The second-order valence-corrected chi connectivity index (χ2v) is 9.14. The van der Waals surface area contributed by atoms with Crippen molar-refractivity contribution in [1.82, 2.24) is 9.88 Å². The third kappa shape index (κ3) is 6.22. The molecule has 1 fully saturated rings. The van der Waals surface area contributed by atoms with Gasteiger partial charge in [-0.1, -0.05) is 19.9 Å². The van der Waals surface area contributed by atoms with Crippen LogP contribution in [0.2, 0.25) is 0 Å². The number of benzene rings is 2. The zero-order valence-electron chi connectivity index (χ0n) is 22.6. The highest BCUT2D eigenvalue weighted by Gasteiger charge is 2.46. The van der Waals surface area contributed by atoms with E-state index in [1.165, 1.54) is 4.90 Å². The highest BCUT2D eigenvalue weighted by atomic mass is 16.5. The maximum absolute atomic E-state index is 13.4. The minimum absolute atomic E-state index is 0.0148. The minimum atomic E-state index is -0.839. The molecule has 39 heavy (non-hydrogen) atoms. The fraction of sp³-hybridized carbons (Fsp3) is 0.323. The van der Waals surface area contributed by atoms with Crippen molar-refractivity contribution in [2.45, 2.75) is 46.2 Å². The first-order chi connectivity index (χ1) is 19.0. The fourth-order valence-corrected chi connectivity index (χ4v) is 4.45. The first-order valence-corrected chi connectivity index (χ1v) is 13.3. The molecule has 1 atom stereocenters. The molecule has 8 nitrogen and oxygen atoms in total. The Morgan fingerprint density at radius 2 is 1.56 bits per heavy atom. The number of hydrogen-bond donors (Lipinski definition) is 1. The van der Waals surface area contributed by atoms with Crippen LogP contribution in [-0.4, -0.2) is 46.5 Å². The van der Waals surface area contributed by atoms with Crippen LogP contribution in [0.25, 0.3) is 5.76 Å². The third-order valence-electron chi connectivity index (χ3n) is 6.29. The van der Waals surface area contributed by atoms with Crippen molar-refractivity contribution in [3.05, 3.63) is 89.3 Å². The number of hydrogen-bond acceptors (Lipinski definition) is 7. The minimum Gasteiger partial charge on any atom is -0.507 e. The molecule has 1 unspecified atom stereocenters. The Balaban J connectivity index is 1.81. The molecule has 0 radical (unpaired) electrons. The largest absolute Gasteiger partial charge is 0.507 e. The van der Waals surface area contributed by atoms with Crippen molar-refractivity contribution in [3.63, 3.8) is 0 Å². The summed E-state index contributed by atoms with van der Waals surface area (Å²) in [4.78, 5) is 32.3. The maximum atomic E-state index is 13.4. The van der Waals surface area contributed by atoms with E-state index in [0.717, 1.165) is 18.4 Å². The fourth-order valence-electron chi connectivity index (χ4n) is 4.45. The Kier molecular flexibility index (Phi) is 9.20. The van der Waals surface area contributed by atoms with E-state index in [0.29, 0.717) is 48.2 Å². The van der Waals surface area contributed by atoms with Gasteiger partial charge < -0.3 is 24.2 Å². The van der Waals surface area contributed by atoms with Crippen molar-refractivity contribution in [2.75, 3.05) is 19.8 Å². The van der Waals surface area contributed by atoms with Crippen molar-refractivity contribution >= 4 is 17.4 Å².